The Hall–Kier alpha value is -1.96. The number of nitrogens with one attached hydrogen (secondary N) is 3. The number of carbonyl (C=O) groups excluding carboxylic acids is 3. The van der Waals surface area contributed by atoms with Crippen LogP contribution in [0, 0.1) is 11.8 Å². The summed E-state index contributed by atoms with van der Waals surface area (Å²) in [6.07, 6.45) is 1.82. The van der Waals surface area contributed by atoms with Crippen molar-refractivity contribution in [1.82, 2.24) is 15.8 Å². The Kier molecular flexibility index (Phi) is 4.89. The van der Waals surface area contributed by atoms with Crippen molar-refractivity contribution < 1.29 is 14.4 Å². The topological polar surface area (TPSA) is 100 Å². The first kappa shape index (κ1) is 15.4. The molecular formula is C13H18N4O3S. The standard InChI is InChI=1S/C13H18N4O3S/c1-7(2)11(19)15-13-14-9(6-21-13)5-10(18)16-17-12(20)8-3-4-8/h6-8H,3-5H2,1-2H3,(H,16,18)(H,17,20)(H,14,15,19). The highest BCUT2D eigenvalue weighted by Crippen LogP contribution is 2.28. The Bertz CT molecular complexity index is 551. The average Bonchev–Trinajstić information content (AvgIpc) is 3.19. The molecule has 0 saturated heterocycles. The quantitative estimate of drug-likeness (QED) is 0.702. The van der Waals surface area contributed by atoms with E-state index in [-0.39, 0.29) is 36.0 Å². The highest BCUT2D eigenvalue weighted by atomic mass is 32.1. The van der Waals surface area contributed by atoms with Crippen molar-refractivity contribution in [3.8, 4) is 0 Å². The first-order valence-electron chi connectivity index (χ1n) is 6.79. The number of hydrazine groups is 1. The molecule has 3 amide bonds. The van der Waals surface area contributed by atoms with Gasteiger partial charge in [0.05, 0.1) is 12.1 Å². The van der Waals surface area contributed by atoms with Gasteiger partial charge in [0.2, 0.25) is 17.7 Å². The van der Waals surface area contributed by atoms with Gasteiger partial charge in [0, 0.05) is 17.2 Å². The lowest BCUT2D eigenvalue weighted by atomic mass is 10.2. The summed E-state index contributed by atoms with van der Waals surface area (Å²) >= 11 is 1.27. The SMILES string of the molecule is CC(C)C(=O)Nc1nc(CC(=O)NNC(=O)C2CC2)cs1. The molecule has 1 aromatic heterocycles. The van der Waals surface area contributed by atoms with Gasteiger partial charge >= 0.3 is 0 Å². The number of anilines is 1. The van der Waals surface area contributed by atoms with Gasteiger partial charge in [-0.2, -0.15) is 0 Å². The molecule has 21 heavy (non-hydrogen) atoms. The number of carbonyl (C=O) groups is 3. The molecule has 114 valence electrons. The van der Waals surface area contributed by atoms with E-state index in [2.05, 4.69) is 21.2 Å². The molecule has 0 unspecified atom stereocenters. The van der Waals surface area contributed by atoms with Crippen LogP contribution in [0.15, 0.2) is 5.38 Å². The van der Waals surface area contributed by atoms with Gasteiger partial charge in [-0.3, -0.25) is 25.2 Å². The molecule has 0 radical (unpaired) electrons. The van der Waals surface area contributed by atoms with Gasteiger partial charge in [-0.25, -0.2) is 4.98 Å². The molecule has 1 saturated carbocycles. The van der Waals surface area contributed by atoms with Crippen LogP contribution in [0.2, 0.25) is 0 Å². The Morgan fingerprint density at radius 1 is 1.33 bits per heavy atom. The van der Waals surface area contributed by atoms with E-state index in [4.69, 9.17) is 0 Å². The monoisotopic (exact) mass is 310 g/mol. The van der Waals surface area contributed by atoms with Gasteiger partial charge in [-0.1, -0.05) is 13.8 Å². The van der Waals surface area contributed by atoms with Gasteiger partial charge in [0.15, 0.2) is 5.13 Å². The Labute approximate surface area is 126 Å². The van der Waals surface area contributed by atoms with E-state index in [0.29, 0.717) is 10.8 Å². The molecule has 2 rings (SSSR count). The van der Waals surface area contributed by atoms with Crippen molar-refractivity contribution in [1.29, 1.82) is 0 Å². The largest absolute Gasteiger partial charge is 0.302 e. The summed E-state index contributed by atoms with van der Waals surface area (Å²) < 4.78 is 0. The highest BCUT2D eigenvalue weighted by Gasteiger charge is 2.29. The molecule has 0 bridgehead atoms. The van der Waals surface area contributed by atoms with Gasteiger partial charge in [0.25, 0.3) is 0 Å². The Morgan fingerprint density at radius 3 is 2.67 bits per heavy atom. The van der Waals surface area contributed by atoms with E-state index in [1.54, 1.807) is 19.2 Å². The third-order valence-electron chi connectivity index (χ3n) is 2.92. The summed E-state index contributed by atoms with van der Waals surface area (Å²) in [7, 11) is 0. The van der Waals surface area contributed by atoms with Crippen molar-refractivity contribution in [3.63, 3.8) is 0 Å². The number of rotatable bonds is 5. The van der Waals surface area contributed by atoms with E-state index in [0.717, 1.165) is 12.8 Å². The third-order valence-corrected chi connectivity index (χ3v) is 3.73. The first-order valence-corrected chi connectivity index (χ1v) is 7.67. The predicted molar refractivity (Wildman–Crippen MR) is 78.3 cm³/mol. The molecule has 1 aromatic rings. The molecule has 8 heteroatoms. The predicted octanol–water partition coefficient (Wildman–Crippen LogP) is 0.837. The second-order valence-electron chi connectivity index (χ2n) is 5.28. The van der Waals surface area contributed by atoms with E-state index in [1.165, 1.54) is 11.3 Å². The summed E-state index contributed by atoms with van der Waals surface area (Å²) in [4.78, 5) is 38.7. The zero-order chi connectivity index (χ0) is 15.4. The maximum atomic E-state index is 11.7. The maximum absolute atomic E-state index is 11.7. The second kappa shape index (κ2) is 6.66. The van der Waals surface area contributed by atoms with Crippen LogP contribution in [-0.2, 0) is 20.8 Å². The Balaban J connectivity index is 1.77. The number of hydrogen-bond acceptors (Lipinski definition) is 5. The smallest absolute Gasteiger partial charge is 0.244 e. The van der Waals surface area contributed by atoms with Crippen molar-refractivity contribution in [2.45, 2.75) is 33.1 Å². The fourth-order valence-corrected chi connectivity index (χ4v) is 2.20. The lowest BCUT2D eigenvalue weighted by Crippen LogP contribution is -2.43. The molecule has 1 aliphatic carbocycles. The number of amides is 3. The van der Waals surface area contributed by atoms with Crippen LogP contribution in [0.1, 0.15) is 32.4 Å². The zero-order valence-electron chi connectivity index (χ0n) is 11.9. The van der Waals surface area contributed by atoms with Crippen LogP contribution >= 0.6 is 11.3 Å². The molecule has 0 spiro atoms. The fourth-order valence-electron chi connectivity index (χ4n) is 1.48. The molecule has 0 aromatic carbocycles. The minimum Gasteiger partial charge on any atom is -0.302 e. The van der Waals surface area contributed by atoms with E-state index >= 15 is 0 Å². The second-order valence-corrected chi connectivity index (χ2v) is 6.13. The molecule has 1 heterocycles. The van der Waals surface area contributed by atoms with Crippen LogP contribution in [0.4, 0.5) is 5.13 Å². The molecule has 0 atom stereocenters. The number of aromatic nitrogens is 1. The molecule has 7 nitrogen and oxygen atoms in total. The summed E-state index contributed by atoms with van der Waals surface area (Å²) in [6.45, 7) is 3.58. The minimum absolute atomic E-state index is 0.0439. The van der Waals surface area contributed by atoms with E-state index in [9.17, 15) is 14.4 Å². The summed E-state index contributed by atoms with van der Waals surface area (Å²) in [6, 6.07) is 0. The van der Waals surface area contributed by atoms with Gasteiger partial charge < -0.3 is 5.32 Å². The normalized spacial score (nSPS) is 13.9. The number of thiazole rings is 1. The lowest BCUT2D eigenvalue weighted by Gasteiger charge is -2.05. The van der Waals surface area contributed by atoms with Crippen molar-refractivity contribution in [2.75, 3.05) is 5.32 Å². The van der Waals surface area contributed by atoms with Crippen LogP contribution in [-0.4, -0.2) is 22.7 Å². The fraction of sp³-hybridized carbons (Fsp3) is 0.538. The van der Waals surface area contributed by atoms with Crippen molar-refractivity contribution in [2.24, 2.45) is 11.8 Å². The van der Waals surface area contributed by atoms with Gasteiger partial charge in [0.1, 0.15) is 0 Å². The summed E-state index contributed by atoms with van der Waals surface area (Å²) in [5.41, 5.74) is 5.30. The van der Waals surface area contributed by atoms with Gasteiger partial charge in [-0.15, -0.1) is 11.3 Å². The lowest BCUT2D eigenvalue weighted by molar-refractivity contribution is -0.129. The molecular weight excluding hydrogens is 292 g/mol. The summed E-state index contributed by atoms with van der Waals surface area (Å²) in [5, 5.41) is 4.85. The third kappa shape index (κ3) is 4.82. The van der Waals surface area contributed by atoms with E-state index < -0.39 is 0 Å². The minimum atomic E-state index is -0.337. The summed E-state index contributed by atoms with van der Waals surface area (Å²) in [5.74, 6) is -0.680. The molecule has 0 aliphatic heterocycles. The van der Waals surface area contributed by atoms with Gasteiger partial charge in [-0.05, 0) is 12.8 Å². The maximum Gasteiger partial charge on any atom is 0.244 e. The molecule has 1 aliphatic rings. The number of hydrogen-bond donors (Lipinski definition) is 3. The zero-order valence-corrected chi connectivity index (χ0v) is 12.8. The van der Waals surface area contributed by atoms with E-state index in [1.807, 2.05) is 0 Å². The Morgan fingerprint density at radius 2 is 2.05 bits per heavy atom. The van der Waals surface area contributed by atoms with Crippen LogP contribution in [0.5, 0.6) is 0 Å². The van der Waals surface area contributed by atoms with Crippen LogP contribution < -0.4 is 16.2 Å². The molecule has 3 N–H and O–H groups in total. The number of nitrogens with zero attached hydrogens (tertiary/aromatic N) is 1. The van der Waals surface area contributed by atoms with Crippen LogP contribution in [0.25, 0.3) is 0 Å². The van der Waals surface area contributed by atoms with Crippen molar-refractivity contribution >= 4 is 34.2 Å². The molecule has 1 fully saturated rings. The highest BCUT2D eigenvalue weighted by molar-refractivity contribution is 7.13. The van der Waals surface area contributed by atoms with Crippen LogP contribution in [0.3, 0.4) is 0 Å². The first-order chi connectivity index (χ1) is 9.95. The average molecular weight is 310 g/mol. The van der Waals surface area contributed by atoms with Crippen molar-refractivity contribution in [3.05, 3.63) is 11.1 Å².